The first-order valence-electron chi connectivity index (χ1n) is 9.22. The molecule has 0 fully saturated rings. The quantitative estimate of drug-likeness (QED) is 0.272. The topological polar surface area (TPSA) is 123 Å². The van der Waals surface area contributed by atoms with E-state index in [9.17, 15) is 18.5 Å². The van der Waals surface area contributed by atoms with Crippen LogP contribution in [0.3, 0.4) is 0 Å². The van der Waals surface area contributed by atoms with Gasteiger partial charge in [-0.2, -0.15) is 5.10 Å². The third-order valence-corrected chi connectivity index (χ3v) is 6.17. The molecule has 2 N–H and O–H groups in total. The Labute approximate surface area is 189 Å². The molecule has 3 rings (SSSR count). The van der Waals surface area contributed by atoms with Gasteiger partial charge in [-0.1, -0.05) is 23.7 Å². The molecule has 0 amide bonds. The van der Waals surface area contributed by atoms with Gasteiger partial charge in [-0.05, 0) is 55.0 Å². The molecule has 9 nitrogen and oxygen atoms in total. The molecule has 0 bridgehead atoms. The number of nitrogens with zero attached hydrogens (tertiary/aromatic N) is 2. The third-order valence-electron chi connectivity index (χ3n) is 4.44. The monoisotopic (exact) mass is 474 g/mol. The van der Waals surface area contributed by atoms with Crippen LogP contribution in [0.2, 0.25) is 5.02 Å². The lowest BCUT2D eigenvalue weighted by molar-refractivity contribution is -0.385. The van der Waals surface area contributed by atoms with Crippen LogP contribution in [0.25, 0.3) is 0 Å². The predicted molar refractivity (Wildman–Crippen MR) is 124 cm³/mol. The highest BCUT2D eigenvalue weighted by atomic mass is 35.5. The van der Waals surface area contributed by atoms with E-state index in [0.29, 0.717) is 11.5 Å². The lowest BCUT2D eigenvalue weighted by Gasteiger charge is -2.13. The van der Waals surface area contributed by atoms with E-state index < -0.39 is 14.9 Å². The molecule has 0 radical (unpaired) electrons. The van der Waals surface area contributed by atoms with Gasteiger partial charge in [0, 0.05) is 12.1 Å². The van der Waals surface area contributed by atoms with Crippen molar-refractivity contribution >= 4 is 44.4 Å². The molecule has 0 saturated heterocycles. The number of nitro benzene ring substituents is 1. The minimum Gasteiger partial charge on any atom is -0.497 e. The summed E-state index contributed by atoms with van der Waals surface area (Å²) in [5.41, 5.74) is 3.85. The number of methoxy groups -OCH3 is 1. The summed E-state index contributed by atoms with van der Waals surface area (Å²) in [6.07, 6.45) is 0. The van der Waals surface area contributed by atoms with Crippen molar-refractivity contribution in [2.45, 2.75) is 11.8 Å². The summed E-state index contributed by atoms with van der Waals surface area (Å²) in [6, 6.07) is 16.8. The maximum atomic E-state index is 13.0. The molecule has 3 aromatic carbocycles. The Morgan fingerprint density at radius 1 is 1.06 bits per heavy atom. The molecule has 3 aromatic rings. The number of hydrogen-bond donors (Lipinski definition) is 2. The van der Waals surface area contributed by atoms with E-state index in [4.69, 9.17) is 16.3 Å². The average Bonchev–Trinajstić information content (AvgIpc) is 2.78. The number of sulfonamides is 1. The molecule has 0 aromatic heterocycles. The lowest BCUT2D eigenvalue weighted by atomic mass is 10.1. The summed E-state index contributed by atoms with van der Waals surface area (Å²) in [4.78, 5) is 10.2. The number of non-ortho nitro benzene ring substituents is 1. The van der Waals surface area contributed by atoms with Gasteiger partial charge in [-0.15, -0.1) is 0 Å². The number of nitro groups is 1. The van der Waals surface area contributed by atoms with Crippen molar-refractivity contribution in [1.29, 1.82) is 0 Å². The van der Waals surface area contributed by atoms with Crippen LogP contribution in [0.1, 0.15) is 12.5 Å². The number of anilines is 2. The Bertz CT molecular complexity index is 1280. The van der Waals surface area contributed by atoms with Gasteiger partial charge < -0.3 is 4.74 Å². The maximum absolute atomic E-state index is 13.0. The Balaban J connectivity index is 1.97. The number of hydrazone groups is 1. The van der Waals surface area contributed by atoms with Crippen molar-refractivity contribution in [3.63, 3.8) is 0 Å². The van der Waals surface area contributed by atoms with Crippen LogP contribution >= 0.6 is 11.6 Å². The highest BCUT2D eigenvalue weighted by Gasteiger charge is 2.23. The zero-order valence-corrected chi connectivity index (χ0v) is 18.6. The van der Waals surface area contributed by atoms with Gasteiger partial charge in [0.15, 0.2) is 0 Å². The van der Waals surface area contributed by atoms with E-state index in [1.54, 1.807) is 50.4 Å². The smallest absolute Gasteiger partial charge is 0.270 e. The van der Waals surface area contributed by atoms with E-state index in [1.807, 2.05) is 0 Å². The van der Waals surface area contributed by atoms with Crippen LogP contribution in [0, 0.1) is 10.1 Å². The highest BCUT2D eigenvalue weighted by Crippen LogP contribution is 2.30. The molecule has 0 aliphatic heterocycles. The fourth-order valence-corrected chi connectivity index (χ4v) is 4.22. The van der Waals surface area contributed by atoms with E-state index in [2.05, 4.69) is 15.2 Å². The number of halogens is 1. The maximum Gasteiger partial charge on any atom is 0.270 e. The summed E-state index contributed by atoms with van der Waals surface area (Å²) >= 11 is 6.05. The van der Waals surface area contributed by atoms with Gasteiger partial charge in [0.05, 0.1) is 34.1 Å². The minimum atomic E-state index is -4.23. The molecule has 0 spiro atoms. The molecular formula is C21H19ClN4O5S. The van der Waals surface area contributed by atoms with Gasteiger partial charge in [0.1, 0.15) is 10.6 Å². The first-order chi connectivity index (χ1) is 15.2. The standard InChI is InChI=1S/C21H19ClN4O5S/c1-14(15-7-10-17(31-2)11-8-15)23-24-20-12-9-16(26(27)28)13-21(20)32(29,30)25-19-6-4-3-5-18(19)22/h3-13,24-25H,1-2H3/b23-14-. The summed E-state index contributed by atoms with van der Waals surface area (Å²) < 4.78 is 33.6. The summed E-state index contributed by atoms with van der Waals surface area (Å²) in [5, 5.41) is 15.6. The molecule has 0 aliphatic carbocycles. The summed E-state index contributed by atoms with van der Waals surface area (Å²) in [5.74, 6) is 0.684. The molecule has 0 atom stereocenters. The number of hydrogen-bond acceptors (Lipinski definition) is 7. The lowest BCUT2D eigenvalue weighted by Crippen LogP contribution is -2.15. The molecule has 166 valence electrons. The molecule has 0 saturated carbocycles. The van der Waals surface area contributed by atoms with Crippen LogP contribution in [-0.2, 0) is 10.0 Å². The van der Waals surface area contributed by atoms with Gasteiger partial charge in [0.25, 0.3) is 15.7 Å². The van der Waals surface area contributed by atoms with Crippen molar-refractivity contribution in [2.75, 3.05) is 17.3 Å². The van der Waals surface area contributed by atoms with Crippen LogP contribution in [0.5, 0.6) is 5.75 Å². The van der Waals surface area contributed by atoms with Crippen molar-refractivity contribution < 1.29 is 18.1 Å². The predicted octanol–water partition coefficient (Wildman–Crippen LogP) is 4.89. The molecule has 11 heteroatoms. The second-order valence-corrected chi connectivity index (χ2v) is 8.62. The SMILES string of the molecule is COc1ccc(/C(C)=N\Nc2ccc([N+](=O)[O-])cc2S(=O)(=O)Nc2ccccc2Cl)cc1. The van der Waals surface area contributed by atoms with Gasteiger partial charge in [-0.3, -0.25) is 20.3 Å². The molecule has 0 aliphatic rings. The fourth-order valence-electron chi connectivity index (χ4n) is 2.72. The Kier molecular flexibility index (Phi) is 6.96. The molecule has 32 heavy (non-hydrogen) atoms. The van der Waals surface area contributed by atoms with Gasteiger partial charge in [0.2, 0.25) is 0 Å². The first kappa shape index (κ1) is 23.0. The van der Waals surface area contributed by atoms with E-state index in [0.717, 1.165) is 11.6 Å². The van der Waals surface area contributed by atoms with Crippen LogP contribution in [0.15, 0.2) is 76.7 Å². The van der Waals surface area contributed by atoms with Crippen molar-refractivity contribution in [2.24, 2.45) is 5.10 Å². The second-order valence-electron chi connectivity index (χ2n) is 6.56. The third kappa shape index (κ3) is 5.34. The summed E-state index contributed by atoms with van der Waals surface area (Å²) in [7, 11) is -2.67. The minimum absolute atomic E-state index is 0.0583. The Morgan fingerprint density at radius 3 is 2.38 bits per heavy atom. The van der Waals surface area contributed by atoms with E-state index in [1.165, 1.54) is 24.3 Å². The van der Waals surface area contributed by atoms with Crippen LogP contribution in [0.4, 0.5) is 17.1 Å². The van der Waals surface area contributed by atoms with Crippen LogP contribution < -0.4 is 14.9 Å². The fraction of sp³-hybridized carbons (Fsp3) is 0.0952. The second kappa shape index (κ2) is 9.67. The Hall–Kier alpha value is -3.63. The zero-order chi connectivity index (χ0) is 23.3. The largest absolute Gasteiger partial charge is 0.497 e. The van der Waals surface area contributed by atoms with E-state index in [-0.39, 0.29) is 27.0 Å². The van der Waals surface area contributed by atoms with Gasteiger partial charge >= 0.3 is 0 Å². The van der Waals surface area contributed by atoms with E-state index >= 15 is 0 Å². The number of rotatable bonds is 8. The van der Waals surface area contributed by atoms with Crippen molar-refractivity contribution in [3.05, 3.63) is 87.4 Å². The average molecular weight is 475 g/mol. The van der Waals surface area contributed by atoms with Gasteiger partial charge in [-0.25, -0.2) is 8.42 Å². The van der Waals surface area contributed by atoms with Crippen molar-refractivity contribution in [1.82, 2.24) is 0 Å². The van der Waals surface area contributed by atoms with Crippen molar-refractivity contribution in [3.8, 4) is 5.75 Å². The summed E-state index contributed by atoms with van der Waals surface area (Å²) in [6.45, 7) is 1.73. The highest BCUT2D eigenvalue weighted by molar-refractivity contribution is 7.93. The number of benzene rings is 3. The normalized spacial score (nSPS) is 11.7. The molecule has 0 heterocycles. The Morgan fingerprint density at radius 2 is 1.75 bits per heavy atom. The number of para-hydroxylation sites is 1. The first-order valence-corrected chi connectivity index (χ1v) is 11.1. The zero-order valence-electron chi connectivity index (χ0n) is 17.1. The molecular weight excluding hydrogens is 456 g/mol. The van der Waals surface area contributed by atoms with Crippen LogP contribution in [-0.4, -0.2) is 26.2 Å². The molecule has 0 unspecified atom stereocenters. The number of nitrogens with one attached hydrogen (secondary N) is 2. The number of ether oxygens (including phenoxy) is 1.